The summed E-state index contributed by atoms with van der Waals surface area (Å²) in [6.45, 7) is 7.09. The van der Waals surface area contributed by atoms with E-state index in [4.69, 9.17) is 4.74 Å². The molecule has 5 nitrogen and oxygen atoms in total. The molecule has 0 aliphatic carbocycles. The van der Waals surface area contributed by atoms with Crippen molar-refractivity contribution in [2.24, 2.45) is 0 Å². The zero-order valence-electron chi connectivity index (χ0n) is 8.11. The molecular formula is C7H16N4O. The van der Waals surface area contributed by atoms with Gasteiger partial charge in [-0.2, -0.15) is 4.80 Å². The van der Waals surface area contributed by atoms with Crippen molar-refractivity contribution < 1.29 is 4.74 Å². The molecule has 0 spiro atoms. The number of aromatic nitrogens is 4. The Bertz CT molecular complexity index is 199. The van der Waals surface area contributed by atoms with Crippen LogP contribution in [0.25, 0.3) is 0 Å². The van der Waals surface area contributed by atoms with Gasteiger partial charge >= 0.3 is 0 Å². The molecule has 0 radical (unpaired) electrons. The maximum absolute atomic E-state index is 4.83. The van der Waals surface area contributed by atoms with Gasteiger partial charge in [0.2, 0.25) is 0 Å². The Labute approximate surface area is 72.7 Å². The summed E-state index contributed by atoms with van der Waals surface area (Å²) in [5.74, 6) is 0.691. The van der Waals surface area contributed by atoms with Crippen LogP contribution in [0.5, 0.6) is 0 Å². The zero-order valence-corrected chi connectivity index (χ0v) is 8.11. The highest BCUT2D eigenvalue weighted by Gasteiger charge is 1.94. The lowest BCUT2D eigenvalue weighted by molar-refractivity contribution is 0.178. The summed E-state index contributed by atoms with van der Waals surface area (Å²) in [5, 5.41) is 11.4. The van der Waals surface area contributed by atoms with Crippen molar-refractivity contribution in [1.82, 2.24) is 20.2 Å². The van der Waals surface area contributed by atoms with E-state index < -0.39 is 0 Å². The van der Waals surface area contributed by atoms with E-state index in [2.05, 4.69) is 15.4 Å². The van der Waals surface area contributed by atoms with Gasteiger partial charge in [-0.25, -0.2) is 0 Å². The van der Waals surface area contributed by atoms with Crippen molar-refractivity contribution in [3.05, 3.63) is 5.82 Å². The molecule has 0 saturated carbocycles. The minimum Gasteiger partial charge on any atom is -0.383 e. The Balaban J connectivity index is 0.000000561. The standard InChI is InChI=1S/C5H10N4O.C2H6/c1-5-6-8-9(7-5)3-4-10-2;1-2/h3-4H2,1-2H3;1-2H3. The molecule has 5 heteroatoms. The number of methoxy groups -OCH3 is 1. The number of aryl methyl sites for hydroxylation is 1. The van der Waals surface area contributed by atoms with E-state index in [1.165, 1.54) is 4.80 Å². The lowest BCUT2D eigenvalue weighted by atomic mass is 10.7. The van der Waals surface area contributed by atoms with Gasteiger partial charge < -0.3 is 4.74 Å². The van der Waals surface area contributed by atoms with Gasteiger partial charge in [0, 0.05) is 7.11 Å². The molecule has 1 aromatic heterocycles. The molecule has 0 amide bonds. The predicted octanol–water partition coefficient (Wildman–Crippen LogP) is 0.654. The van der Waals surface area contributed by atoms with E-state index in [-0.39, 0.29) is 0 Å². The molecule has 0 N–H and O–H groups in total. The fourth-order valence-electron chi connectivity index (χ4n) is 0.591. The lowest BCUT2D eigenvalue weighted by Crippen LogP contribution is -2.07. The van der Waals surface area contributed by atoms with Crippen molar-refractivity contribution in [3.63, 3.8) is 0 Å². The van der Waals surface area contributed by atoms with Crippen LogP contribution >= 0.6 is 0 Å². The van der Waals surface area contributed by atoms with Crippen molar-refractivity contribution >= 4 is 0 Å². The maximum atomic E-state index is 4.83. The van der Waals surface area contributed by atoms with Crippen LogP contribution < -0.4 is 0 Å². The Morgan fingerprint density at radius 1 is 1.42 bits per heavy atom. The van der Waals surface area contributed by atoms with Gasteiger partial charge in [-0.3, -0.25) is 0 Å². The summed E-state index contributed by atoms with van der Waals surface area (Å²) >= 11 is 0. The molecule has 1 heterocycles. The number of hydrogen-bond donors (Lipinski definition) is 0. The molecule has 0 saturated heterocycles. The van der Waals surface area contributed by atoms with Gasteiger partial charge in [0.15, 0.2) is 5.82 Å². The highest BCUT2D eigenvalue weighted by molar-refractivity contribution is 4.66. The molecule has 0 unspecified atom stereocenters. The third kappa shape index (κ3) is 4.02. The smallest absolute Gasteiger partial charge is 0.171 e. The first kappa shape index (κ1) is 11.0. The Morgan fingerprint density at radius 2 is 2.08 bits per heavy atom. The molecule has 0 aromatic carbocycles. The summed E-state index contributed by atoms with van der Waals surface area (Å²) < 4.78 is 4.83. The van der Waals surface area contributed by atoms with E-state index in [1.807, 2.05) is 13.8 Å². The number of hydrogen-bond acceptors (Lipinski definition) is 4. The minimum absolute atomic E-state index is 0.621. The number of ether oxygens (including phenoxy) is 1. The first-order valence-corrected chi connectivity index (χ1v) is 4.06. The fraction of sp³-hybridized carbons (Fsp3) is 0.857. The number of rotatable bonds is 3. The molecular weight excluding hydrogens is 156 g/mol. The van der Waals surface area contributed by atoms with Crippen LogP contribution in [0.3, 0.4) is 0 Å². The Morgan fingerprint density at radius 3 is 2.50 bits per heavy atom. The van der Waals surface area contributed by atoms with Crippen LogP contribution in [-0.4, -0.2) is 33.9 Å². The Hall–Kier alpha value is -0.970. The summed E-state index contributed by atoms with van der Waals surface area (Å²) in [5.41, 5.74) is 0. The molecule has 0 atom stereocenters. The lowest BCUT2D eigenvalue weighted by Gasteiger charge is -1.94. The Kier molecular flexibility index (Phi) is 6.18. The molecule has 0 aliphatic heterocycles. The van der Waals surface area contributed by atoms with Gasteiger partial charge in [-0.15, -0.1) is 10.2 Å². The van der Waals surface area contributed by atoms with Crippen LogP contribution in [0.2, 0.25) is 0 Å². The zero-order chi connectivity index (χ0) is 9.40. The van der Waals surface area contributed by atoms with E-state index in [0.29, 0.717) is 19.0 Å². The fourth-order valence-corrected chi connectivity index (χ4v) is 0.591. The van der Waals surface area contributed by atoms with E-state index in [1.54, 1.807) is 14.0 Å². The van der Waals surface area contributed by atoms with Crippen LogP contribution in [0.1, 0.15) is 19.7 Å². The van der Waals surface area contributed by atoms with Crippen LogP contribution in [-0.2, 0) is 11.3 Å². The second kappa shape index (κ2) is 6.72. The quantitative estimate of drug-likeness (QED) is 0.672. The van der Waals surface area contributed by atoms with Crippen LogP contribution in [0, 0.1) is 6.92 Å². The highest BCUT2D eigenvalue weighted by atomic mass is 16.5. The first-order valence-electron chi connectivity index (χ1n) is 4.06. The third-order valence-corrected chi connectivity index (χ3v) is 1.05. The summed E-state index contributed by atoms with van der Waals surface area (Å²) in [4.78, 5) is 1.51. The molecule has 0 aliphatic rings. The second-order valence-corrected chi connectivity index (χ2v) is 1.93. The van der Waals surface area contributed by atoms with Crippen molar-refractivity contribution in [3.8, 4) is 0 Å². The van der Waals surface area contributed by atoms with E-state index in [9.17, 15) is 0 Å². The number of tetrazole rings is 1. The molecule has 0 bridgehead atoms. The topological polar surface area (TPSA) is 52.8 Å². The molecule has 12 heavy (non-hydrogen) atoms. The van der Waals surface area contributed by atoms with Crippen LogP contribution in [0.4, 0.5) is 0 Å². The minimum atomic E-state index is 0.621. The molecule has 0 fully saturated rings. The van der Waals surface area contributed by atoms with Crippen molar-refractivity contribution in [2.45, 2.75) is 27.3 Å². The average Bonchev–Trinajstić information content (AvgIpc) is 2.51. The summed E-state index contributed by atoms with van der Waals surface area (Å²) in [6.07, 6.45) is 0. The predicted molar refractivity (Wildman–Crippen MR) is 45.8 cm³/mol. The maximum Gasteiger partial charge on any atom is 0.171 e. The van der Waals surface area contributed by atoms with E-state index >= 15 is 0 Å². The van der Waals surface area contributed by atoms with Crippen LogP contribution in [0.15, 0.2) is 0 Å². The molecule has 1 rings (SSSR count). The highest BCUT2D eigenvalue weighted by Crippen LogP contribution is 1.81. The average molecular weight is 172 g/mol. The second-order valence-electron chi connectivity index (χ2n) is 1.93. The van der Waals surface area contributed by atoms with Gasteiger partial charge in [-0.05, 0) is 12.1 Å². The SMILES string of the molecule is CC.COCCn1nnc(C)n1. The normalized spacial score (nSPS) is 9.00. The van der Waals surface area contributed by atoms with Gasteiger partial charge in [-0.1, -0.05) is 13.8 Å². The molecule has 1 aromatic rings. The van der Waals surface area contributed by atoms with Gasteiger partial charge in [0.1, 0.15) is 0 Å². The third-order valence-electron chi connectivity index (χ3n) is 1.05. The van der Waals surface area contributed by atoms with Crippen molar-refractivity contribution in [1.29, 1.82) is 0 Å². The monoisotopic (exact) mass is 172 g/mol. The van der Waals surface area contributed by atoms with Gasteiger partial charge in [0.25, 0.3) is 0 Å². The summed E-state index contributed by atoms with van der Waals surface area (Å²) in [7, 11) is 1.64. The number of nitrogens with zero attached hydrogens (tertiary/aromatic N) is 4. The first-order chi connectivity index (χ1) is 5.83. The van der Waals surface area contributed by atoms with E-state index in [0.717, 1.165) is 0 Å². The van der Waals surface area contributed by atoms with Gasteiger partial charge in [0.05, 0.1) is 13.2 Å². The molecule has 70 valence electrons. The largest absolute Gasteiger partial charge is 0.383 e. The summed E-state index contributed by atoms with van der Waals surface area (Å²) in [6, 6.07) is 0. The van der Waals surface area contributed by atoms with Crippen molar-refractivity contribution in [2.75, 3.05) is 13.7 Å².